The van der Waals surface area contributed by atoms with Crippen molar-refractivity contribution in [3.05, 3.63) is 84.9 Å². The van der Waals surface area contributed by atoms with E-state index in [4.69, 9.17) is 0 Å². The van der Waals surface area contributed by atoms with E-state index in [1.54, 1.807) is 6.54 Å². The molecule has 25 heavy (non-hydrogen) atoms. The zero-order valence-electron chi connectivity index (χ0n) is 13.8. The van der Waals surface area contributed by atoms with Gasteiger partial charge in [-0.25, -0.2) is 0 Å². The van der Waals surface area contributed by atoms with E-state index in [0.717, 1.165) is 0 Å². The Kier molecular flexibility index (Phi) is 5.40. The first kappa shape index (κ1) is 18.6. The van der Waals surface area contributed by atoms with Gasteiger partial charge in [0.05, 0.1) is 0 Å². The van der Waals surface area contributed by atoms with Crippen LogP contribution in [0.3, 0.4) is 0 Å². The van der Waals surface area contributed by atoms with E-state index in [1.165, 1.54) is 30.5 Å². The summed E-state index contributed by atoms with van der Waals surface area (Å²) in [5, 5.41) is 0. The normalized spacial score (nSPS) is 13.3. The molecule has 0 bridgehead atoms. The van der Waals surface area contributed by atoms with E-state index in [9.17, 15) is 0 Å². The molecule has 1 fully saturated rings. The van der Waals surface area contributed by atoms with Crippen LogP contribution in [0.5, 0.6) is 0 Å². The van der Waals surface area contributed by atoms with Crippen molar-refractivity contribution < 1.29 is 45.1 Å². The summed E-state index contributed by atoms with van der Waals surface area (Å²) in [7, 11) is 0. The standard InChI is InChI=1S/2C10H7.C2H4.2ClH.Zr/c2*1-2-5-9-7-4-8-10(9)6-3-1;1-2;;;/h2*1-7H;1-2H2;2*1H;/q;;;;;+2/p-2. The molecule has 5 rings (SSSR count). The average molecular weight is 445 g/mol. The second kappa shape index (κ2) is 7.24. The van der Waals surface area contributed by atoms with Gasteiger partial charge in [-0.05, 0) is 0 Å². The SMILES string of the molecule is [Cl-].[Cl-].c1ccc2cc[c]([Zr+2]3([c]4ccc5cccccc4-5)[CH2][CH2]3)c-2cc1. The van der Waals surface area contributed by atoms with Gasteiger partial charge in [0.1, 0.15) is 0 Å². The summed E-state index contributed by atoms with van der Waals surface area (Å²) in [4.78, 5) is 0. The summed E-state index contributed by atoms with van der Waals surface area (Å²) < 4.78 is 6.35. The second-order valence-electron chi connectivity index (χ2n) is 6.64. The Hall–Kier alpha value is -1.14. The molecule has 0 amide bonds. The van der Waals surface area contributed by atoms with Crippen LogP contribution in [0.25, 0.3) is 22.3 Å². The van der Waals surface area contributed by atoms with Gasteiger partial charge in [0, 0.05) is 0 Å². The Morgan fingerprint density at radius 3 is 1.36 bits per heavy atom. The molecule has 0 radical (unpaired) electrons. The van der Waals surface area contributed by atoms with Crippen LogP contribution >= 0.6 is 0 Å². The molecule has 0 atom stereocenters. The third-order valence-electron chi connectivity index (χ3n) is 5.36. The Morgan fingerprint density at radius 1 is 0.480 bits per heavy atom. The molecule has 0 aromatic rings. The van der Waals surface area contributed by atoms with Crippen molar-refractivity contribution in [3.8, 4) is 22.3 Å². The molecule has 0 nitrogen and oxygen atoms in total. The number of fused-ring (bicyclic) bond motifs is 2. The van der Waals surface area contributed by atoms with Crippen molar-refractivity contribution in [2.45, 2.75) is 8.26 Å². The maximum absolute atomic E-state index is 2.44. The molecule has 124 valence electrons. The van der Waals surface area contributed by atoms with Crippen molar-refractivity contribution in [1.82, 2.24) is 0 Å². The molecule has 1 saturated heterocycles. The van der Waals surface area contributed by atoms with Crippen LogP contribution in [-0.4, -0.2) is 0 Å². The Morgan fingerprint density at radius 2 is 0.920 bits per heavy atom. The summed E-state index contributed by atoms with van der Waals surface area (Å²) in [6.07, 6.45) is 0. The van der Waals surface area contributed by atoms with Crippen LogP contribution in [0.4, 0.5) is 0 Å². The molecule has 1 heterocycles. The topological polar surface area (TPSA) is 0 Å². The zero-order valence-corrected chi connectivity index (χ0v) is 17.7. The minimum absolute atomic E-state index is 0. The molecular formula is C22H18Cl2Zr. The summed E-state index contributed by atoms with van der Waals surface area (Å²) >= 11 is -2.38. The van der Waals surface area contributed by atoms with E-state index in [2.05, 4.69) is 84.9 Å². The first-order chi connectivity index (χ1) is 11.4. The fourth-order valence-electron chi connectivity index (χ4n) is 4.07. The van der Waals surface area contributed by atoms with E-state index in [-0.39, 0.29) is 24.8 Å². The maximum atomic E-state index is 2.44. The van der Waals surface area contributed by atoms with Crippen molar-refractivity contribution in [1.29, 1.82) is 0 Å². The van der Waals surface area contributed by atoms with Gasteiger partial charge in [-0.3, -0.25) is 0 Å². The average Bonchev–Trinajstić information content (AvgIpc) is 3.27. The number of rotatable bonds is 2. The fraction of sp³-hybridized carbons (Fsp3) is 0.0909. The molecule has 1 aliphatic heterocycles. The number of hydrogen-bond donors (Lipinski definition) is 0. The molecule has 0 saturated carbocycles. The Labute approximate surface area is 166 Å². The van der Waals surface area contributed by atoms with Crippen molar-refractivity contribution in [2.24, 2.45) is 0 Å². The first-order valence-corrected chi connectivity index (χ1v) is 14.3. The molecule has 0 spiro atoms. The molecule has 5 aliphatic rings. The molecule has 4 aliphatic carbocycles. The monoisotopic (exact) mass is 442 g/mol. The van der Waals surface area contributed by atoms with Crippen LogP contribution in [0.1, 0.15) is 0 Å². The minimum atomic E-state index is -2.38. The van der Waals surface area contributed by atoms with Gasteiger partial charge in [0.25, 0.3) is 0 Å². The Balaban J connectivity index is 0.000000911. The van der Waals surface area contributed by atoms with Gasteiger partial charge >= 0.3 is 142 Å². The molecule has 0 unspecified atom stereocenters. The molecule has 3 heteroatoms. The number of halogens is 2. The quantitative estimate of drug-likeness (QED) is 0.367. The van der Waals surface area contributed by atoms with Gasteiger partial charge in [0.2, 0.25) is 0 Å². The summed E-state index contributed by atoms with van der Waals surface area (Å²) in [5.74, 6) is 0. The molecule has 0 N–H and O–H groups in total. The predicted molar refractivity (Wildman–Crippen MR) is 95.0 cm³/mol. The van der Waals surface area contributed by atoms with E-state index >= 15 is 0 Å². The number of hydrogen-bond acceptors (Lipinski definition) is 0. The van der Waals surface area contributed by atoms with E-state index in [1.807, 2.05) is 0 Å². The van der Waals surface area contributed by atoms with Crippen LogP contribution < -0.4 is 31.4 Å². The van der Waals surface area contributed by atoms with Gasteiger partial charge in [-0.15, -0.1) is 0 Å². The summed E-state index contributed by atoms with van der Waals surface area (Å²) in [5.41, 5.74) is 5.79. The second-order valence-corrected chi connectivity index (χ2v) is 17.1. The third-order valence-corrected chi connectivity index (χ3v) is 16.3. The summed E-state index contributed by atoms with van der Waals surface area (Å²) in [6, 6.07) is 31.7. The van der Waals surface area contributed by atoms with Gasteiger partial charge in [0.15, 0.2) is 0 Å². The van der Waals surface area contributed by atoms with Crippen LogP contribution in [-0.2, 0) is 20.3 Å². The third kappa shape index (κ3) is 2.97. The predicted octanol–water partition coefficient (Wildman–Crippen LogP) is -1.14. The Bertz CT molecular complexity index is 871. The zero-order chi connectivity index (χ0) is 15.3. The van der Waals surface area contributed by atoms with E-state index < -0.39 is 20.3 Å². The van der Waals surface area contributed by atoms with Crippen molar-refractivity contribution >= 4 is 6.54 Å². The van der Waals surface area contributed by atoms with Crippen molar-refractivity contribution in [2.75, 3.05) is 0 Å². The molecule has 0 aromatic heterocycles. The first-order valence-electron chi connectivity index (χ1n) is 8.35. The van der Waals surface area contributed by atoms with Gasteiger partial charge < -0.3 is 24.8 Å². The molecular weight excluding hydrogens is 426 g/mol. The van der Waals surface area contributed by atoms with Crippen LogP contribution in [0.2, 0.25) is 8.26 Å². The fourth-order valence-corrected chi connectivity index (χ4v) is 17.3. The molecule has 0 aromatic carbocycles. The van der Waals surface area contributed by atoms with Gasteiger partial charge in [-0.2, -0.15) is 0 Å². The van der Waals surface area contributed by atoms with E-state index in [0.29, 0.717) is 0 Å². The summed E-state index contributed by atoms with van der Waals surface area (Å²) in [6.45, 7) is 0. The van der Waals surface area contributed by atoms with Gasteiger partial charge in [-0.1, -0.05) is 0 Å². The van der Waals surface area contributed by atoms with Crippen LogP contribution in [0, 0.1) is 0 Å². The van der Waals surface area contributed by atoms with Crippen molar-refractivity contribution in [3.63, 3.8) is 0 Å². The van der Waals surface area contributed by atoms with Crippen LogP contribution in [0.15, 0.2) is 84.9 Å².